The summed E-state index contributed by atoms with van der Waals surface area (Å²) in [7, 11) is 0. The number of carbonyl (C=O) groups is 1. The summed E-state index contributed by atoms with van der Waals surface area (Å²) in [6, 6.07) is 8.28. The molecule has 1 N–H and O–H groups in total. The van der Waals surface area contributed by atoms with E-state index in [1.165, 1.54) is 0 Å². The Morgan fingerprint density at radius 3 is 2.48 bits per heavy atom. The van der Waals surface area contributed by atoms with Gasteiger partial charge in [-0.1, -0.05) is 38.1 Å². The monoisotopic (exact) mass is 302 g/mol. The van der Waals surface area contributed by atoms with Crippen molar-refractivity contribution >= 4 is 17.2 Å². The number of nitrogens with zero attached hydrogens (tertiary/aromatic N) is 1. The van der Waals surface area contributed by atoms with Crippen LogP contribution in [0, 0.1) is 12.8 Å². The van der Waals surface area contributed by atoms with Crippen LogP contribution >= 0.6 is 11.3 Å². The van der Waals surface area contributed by atoms with E-state index >= 15 is 0 Å². The largest absolute Gasteiger partial charge is 0.349 e. The van der Waals surface area contributed by atoms with Crippen molar-refractivity contribution < 1.29 is 4.79 Å². The second-order valence-electron chi connectivity index (χ2n) is 5.41. The SMILES string of the molecule is CC[C@@H](C)C(=O)N[C@H](C)c1ccc(-c2csc(C)n2)cc1. The van der Waals surface area contributed by atoms with E-state index in [4.69, 9.17) is 0 Å². The predicted molar refractivity (Wildman–Crippen MR) is 88.3 cm³/mol. The summed E-state index contributed by atoms with van der Waals surface area (Å²) >= 11 is 1.66. The van der Waals surface area contributed by atoms with Crippen LogP contribution in [0.1, 0.15) is 43.8 Å². The minimum Gasteiger partial charge on any atom is -0.349 e. The molecule has 2 atom stereocenters. The first-order valence-electron chi connectivity index (χ1n) is 7.34. The summed E-state index contributed by atoms with van der Waals surface area (Å²) in [4.78, 5) is 16.4. The molecule has 0 saturated carbocycles. The van der Waals surface area contributed by atoms with Gasteiger partial charge in [-0.3, -0.25) is 4.79 Å². The number of benzene rings is 1. The van der Waals surface area contributed by atoms with Crippen molar-refractivity contribution in [2.24, 2.45) is 5.92 Å². The molecule has 0 saturated heterocycles. The fourth-order valence-corrected chi connectivity index (χ4v) is 2.68. The third kappa shape index (κ3) is 3.91. The minimum absolute atomic E-state index is 0.0257. The van der Waals surface area contributed by atoms with Crippen molar-refractivity contribution in [1.29, 1.82) is 0 Å². The molecular weight excluding hydrogens is 280 g/mol. The fraction of sp³-hybridized carbons (Fsp3) is 0.412. The number of aryl methyl sites for hydroxylation is 1. The Morgan fingerprint density at radius 2 is 1.95 bits per heavy atom. The number of amides is 1. The predicted octanol–water partition coefficient (Wildman–Crippen LogP) is 4.34. The lowest BCUT2D eigenvalue weighted by Crippen LogP contribution is -2.31. The van der Waals surface area contributed by atoms with Crippen LogP contribution < -0.4 is 5.32 Å². The number of carbonyl (C=O) groups excluding carboxylic acids is 1. The third-order valence-corrected chi connectivity index (χ3v) is 4.52. The van der Waals surface area contributed by atoms with Gasteiger partial charge < -0.3 is 5.32 Å². The van der Waals surface area contributed by atoms with E-state index in [9.17, 15) is 4.79 Å². The van der Waals surface area contributed by atoms with Crippen LogP contribution in [-0.4, -0.2) is 10.9 Å². The van der Waals surface area contributed by atoms with Gasteiger partial charge in [-0.2, -0.15) is 0 Å². The van der Waals surface area contributed by atoms with Gasteiger partial charge in [-0.25, -0.2) is 4.98 Å². The molecule has 0 bridgehead atoms. The Kier molecular flexibility index (Phi) is 5.12. The maximum absolute atomic E-state index is 11.9. The normalized spacial score (nSPS) is 13.7. The van der Waals surface area contributed by atoms with Gasteiger partial charge in [0.2, 0.25) is 5.91 Å². The second-order valence-corrected chi connectivity index (χ2v) is 6.48. The van der Waals surface area contributed by atoms with Gasteiger partial charge in [0.25, 0.3) is 0 Å². The van der Waals surface area contributed by atoms with Gasteiger partial charge in [-0.05, 0) is 25.8 Å². The average molecular weight is 302 g/mol. The molecule has 1 aromatic carbocycles. The standard InChI is InChI=1S/C17H22N2OS/c1-5-11(2)17(20)18-12(3)14-6-8-15(9-7-14)16-10-21-13(4)19-16/h6-12H,5H2,1-4H3,(H,18,20)/t11-,12-/m1/s1. The number of thiazole rings is 1. The number of aromatic nitrogens is 1. The molecule has 0 unspecified atom stereocenters. The van der Waals surface area contributed by atoms with Crippen LogP contribution in [0.15, 0.2) is 29.6 Å². The topological polar surface area (TPSA) is 42.0 Å². The van der Waals surface area contributed by atoms with Gasteiger partial charge in [-0.15, -0.1) is 11.3 Å². The van der Waals surface area contributed by atoms with Crippen molar-refractivity contribution in [3.63, 3.8) is 0 Å². The maximum atomic E-state index is 11.9. The molecular formula is C17H22N2OS. The molecule has 1 heterocycles. The van der Waals surface area contributed by atoms with Crippen LogP contribution in [-0.2, 0) is 4.79 Å². The Morgan fingerprint density at radius 1 is 1.29 bits per heavy atom. The summed E-state index contributed by atoms with van der Waals surface area (Å²) in [6.45, 7) is 8.01. The first kappa shape index (κ1) is 15.7. The molecule has 0 fully saturated rings. The first-order chi connectivity index (χ1) is 10.0. The molecule has 1 aromatic heterocycles. The Balaban J connectivity index is 2.06. The van der Waals surface area contributed by atoms with E-state index in [0.29, 0.717) is 0 Å². The summed E-state index contributed by atoms with van der Waals surface area (Å²) in [5.74, 6) is 0.175. The smallest absolute Gasteiger partial charge is 0.223 e. The van der Waals surface area contributed by atoms with Gasteiger partial charge in [0.05, 0.1) is 16.7 Å². The molecule has 21 heavy (non-hydrogen) atoms. The van der Waals surface area contributed by atoms with Gasteiger partial charge in [0.1, 0.15) is 0 Å². The molecule has 4 heteroatoms. The molecule has 0 spiro atoms. The molecule has 0 aliphatic rings. The molecule has 0 aliphatic heterocycles. The highest BCUT2D eigenvalue weighted by Gasteiger charge is 2.14. The molecule has 2 aromatic rings. The maximum Gasteiger partial charge on any atom is 0.223 e. The van der Waals surface area contributed by atoms with Gasteiger partial charge in [0, 0.05) is 16.9 Å². The zero-order valence-electron chi connectivity index (χ0n) is 13.0. The van der Waals surface area contributed by atoms with Crippen LogP contribution in [0.3, 0.4) is 0 Å². The quantitative estimate of drug-likeness (QED) is 0.892. The second kappa shape index (κ2) is 6.85. The first-order valence-corrected chi connectivity index (χ1v) is 8.22. The highest BCUT2D eigenvalue weighted by atomic mass is 32.1. The van der Waals surface area contributed by atoms with Gasteiger partial charge in [0.15, 0.2) is 0 Å². The molecule has 112 valence electrons. The van der Waals surface area contributed by atoms with Crippen molar-refractivity contribution in [2.45, 2.75) is 40.2 Å². The van der Waals surface area contributed by atoms with Crippen molar-refractivity contribution in [2.75, 3.05) is 0 Å². The summed E-state index contributed by atoms with van der Waals surface area (Å²) in [5, 5.41) is 6.20. The number of hydrogen-bond acceptors (Lipinski definition) is 3. The molecule has 0 radical (unpaired) electrons. The van der Waals surface area contributed by atoms with Crippen molar-refractivity contribution in [1.82, 2.24) is 10.3 Å². The molecule has 2 rings (SSSR count). The third-order valence-electron chi connectivity index (χ3n) is 3.74. The summed E-state index contributed by atoms with van der Waals surface area (Å²) in [6.07, 6.45) is 0.862. The van der Waals surface area contributed by atoms with E-state index < -0.39 is 0 Å². The van der Waals surface area contributed by atoms with Crippen LogP contribution in [0.25, 0.3) is 11.3 Å². The Bertz CT molecular complexity index is 604. The van der Waals surface area contributed by atoms with Crippen LogP contribution in [0.4, 0.5) is 0 Å². The zero-order chi connectivity index (χ0) is 15.4. The lowest BCUT2D eigenvalue weighted by Gasteiger charge is -2.17. The molecule has 0 aliphatic carbocycles. The minimum atomic E-state index is 0.0257. The van der Waals surface area contributed by atoms with E-state index in [2.05, 4.69) is 39.9 Å². The summed E-state index contributed by atoms with van der Waals surface area (Å²) in [5.41, 5.74) is 3.24. The summed E-state index contributed by atoms with van der Waals surface area (Å²) < 4.78 is 0. The Hall–Kier alpha value is -1.68. The zero-order valence-corrected chi connectivity index (χ0v) is 13.8. The number of nitrogens with one attached hydrogen (secondary N) is 1. The van der Waals surface area contributed by atoms with Crippen molar-refractivity contribution in [3.05, 3.63) is 40.2 Å². The van der Waals surface area contributed by atoms with E-state index in [1.54, 1.807) is 11.3 Å². The van der Waals surface area contributed by atoms with E-state index in [1.807, 2.05) is 27.7 Å². The van der Waals surface area contributed by atoms with E-state index in [-0.39, 0.29) is 17.9 Å². The highest BCUT2D eigenvalue weighted by Crippen LogP contribution is 2.23. The van der Waals surface area contributed by atoms with Crippen molar-refractivity contribution in [3.8, 4) is 11.3 Å². The Labute approximate surface area is 130 Å². The number of rotatable bonds is 5. The lowest BCUT2D eigenvalue weighted by molar-refractivity contribution is -0.125. The van der Waals surface area contributed by atoms with Crippen LogP contribution in [0.2, 0.25) is 0 Å². The molecule has 3 nitrogen and oxygen atoms in total. The molecule has 1 amide bonds. The fourth-order valence-electron chi connectivity index (χ4n) is 2.06. The van der Waals surface area contributed by atoms with Crippen LogP contribution in [0.5, 0.6) is 0 Å². The lowest BCUT2D eigenvalue weighted by atomic mass is 10.0. The number of hydrogen-bond donors (Lipinski definition) is 1. The van der Waals surface area contributed by atoms with Gasteiger partial charge >= 0.3 is 0 Å². The highest BCUT2D eigenvalue weighted by molar-refractivity contribution is 7.09. The average Bonchev–Trinajstić information content (AvgIpc) is 2.93. The van der Waals surface area contributed by atoms with E-state index in [0.717, 1.165) is 28.2 Å².